The van der Waals surface area contributed by atoms with E-state index in [4.69, 9.17) is 5.73 Å². The number of carbonyl (C=O) groups excluding carboxylic acids is 3. The van der Waals surface area contributed by atoms with E-state index < -0.39 is 11.9 Å². The van der Waals surface area contributed by atoms with Crippen molar-refractivity contribution in [3.63, 3.8) is 0 Å². The van der Waals surface area contributed by atoms with Crippen molar-refractivity contribution in [2.45, 2.75) is 32.2 Å². The van der Waals surface area contributed by atoms with E-state index >= 15 is 0 Å². The first-order chi connectivity index (χ1) is 13.9. The molecular weight excluding hydrogens is 368 g/mol. The molecule has 1 aliphatic rings. The summed E-state index contributed by atoms with van der Waals surface area (Å²) >= 11 is 0. The van der Waals surface area contributed by atoms with E-state index in [9.17, 15) is 14.4 Å². The van der Waals surface area contributed by atoms with E-state index in [2.05, 4.69) is 15.5 Å². The zero-order valence-electron chi connectivity index (χ0n) is 16.5. The van der Waals surface area contributed by atoms with E-state index in [0.717, 1.165) is 37.2 Å². The molecule has 2 aromatic carbocycles. The summed E-state index contributed by atoms with van der Waals surface area (Å²) in [4.78, 5) is 38.2. The van der Waals surface area contributed by atoms with Gasteiger partial charge in [0.2, 0.25) is 17.7 Å². The maximum Gasteiger partial charge on any atom is 0.248 e. The van der Waals surface area contributed by atoms with Crippen molar-refractivity contribution in [2.24, 2.45) is 5.73 Å². The maximum absolute atomic E-state index is 12.8. The van der Waals surface area contributed by atoms with Gasteiger partial charge in [-0.2, -0.15) is 0 Å². The van der Waals surface area contributed by atoms with Gasteiger partial charge in [0.15, 0.2) is 0 Å². The van der Waals surface area contributed by atoms with Crippen molar-refractivity contribution in [2.75, 3.05) is 23.3 Å². The molecule has 152 valence electrons. The van der Waals surface area contributed by atoms with Gasteiger partial charge in [-0.15, -0.1) is 0 Å². The Balaban J connectivity index is 1.81. The van der Waals surface area contributed by atoms with Crippen LogP contribution in [0.2, 0.25) is 0 Å². The highest BCUT2D eigenvalue weighted by molar-refractivity contribution is 5.99. The second kappa shape index (κ2) is 9.23. The Labute approximate surface area is 170 Å². The lowest BCUT2D eigenvalue weighted by atomic mass is 10.0. The van der Waals surface area contributed by atoms with Gasteiger partial charge in [0.1, 0.15) is 0 Å². The zero-order chi connectivity index (χ0) is 20.8. The van der Waals surface area contributed by atoms with Crippen LogP contribution in [0.1, 0.15) is 48.1 Å². The van der Waals surface area contributed by atoms with E-state index in [-0.39, 0.29) is 18.2 Å². The van der Waals surface area contributed by atoms with Crippen molar-refractivity contribution < 1.29 is 14.4 Å². The molecule has 7 heteroatoms. The highest BCUT2D eigenvalue weighted by Gasteiger charge is 2.21. The molecule has 1 aliphatic heterocycles. The van der Waals surface area contributed by atoms with Gasteiger partial charge in [-0.25, -0.2) is 0 Å². The molecule has 0 aliphatic carbocycles. The van der Waals surface area contributed by atoms with Crippen LogP contribution < -0.4 is 21.3 Å². The Bertz CT molecular complexity index is 892. The molecule has 1 fully saturated rings. The maximum atomic E-state index is 12.8. The standard InChI is InChI=1S/C22H26N4O3/c1-15(27)24-18(16-7-3-2-4-8-16)14-21(28)25-19-13-17(22(23)29)9-10-20(19)26-11-5-6-12-26/h2-4,7-10,13,18H,5-6,11-12,14H2,1H3,(H2,23,29)(H,24,27)(H,25,28)/t18-/m1/s1. The van der Waals surface area contributed by atoms with Gasteiger partial charge in [0.05, 0.1) is 23.8 Å². The molecule has 0 bridgehead atoms. The lowest BCUT2D eigenvalue weighted by Crippen LogP contribution is -2.30. The highest BCUT2D eigenvalue weighted by atomic mass is 16.2. The Morgan fingerprint density at radius 1 is 1.07 bits per heavy atom. The third kappa shape index (κ3) is 5.34. The van der Waals surface area contributed by atoms with E-state index in [1.807, 2.05) is 36.4 Å². The summed E-state index contributed by atoms with van der Waals surface area (Å²) in [5.41, 5.74) is 8.03. The molecule has 3 rings (SSSR count). The molecule has 3 amide bonds. The summed E-state index contributed by atoms with van der Waals surface area (Å²) in [5, 5.41) is 5.74. The van der Waals surface area contributed by atoms with Crippen LogP contribution in [-0.4, -0.2) is 30.8 Å². The van der Waals surface area contributed by atoms with Crippen LogP contribution in [0.4, 0.5) is 11.4 Å². The molecule has 0 saturated carbocycles. The summed E-state index contributed by atoms with van der Waals surface area (Å²) < 4.78 is 0. The summed E-state index contributed by atoms with van der Waals surface area (Å²) in [7, 11) is 0. The fraction of sp³-hybridized carbons (Fsp3) is 0.318. The van der Waals surface area contributed by atoms with Crippen LogP contribution in [-0.2, 0) is 9.59 Å². The van der Waals surface area contributed by atoms with Gasteiger partial charge in [-0.3, -0.25) is 14.4 Å². The molecule has 1 heterocycles. The van der Waals surface area contributed by atoms with Crippen LogP contribution in [0.3, 0.4) is 0 Å². The average molecular weight is 394 g/mol. The Morgan fingerprint density at radius 2 is 1.76 bits per heavy atom. The molecule has 1 atom stereocenters. The van der Waals surface area contributed by atoms with Gasteiger partial charge in [-0.1, -0.05) is 30.3 Å². The first-order valence-electron chi connectivity index (χ1n) is 9.74. The Kier molecular flexibility index (Phi) is 6.49. The summed E-state index contributed by atoms with van der Waals surface area (Å²) in [6.45, 7) is 3.23. The lowest BCUT2D eigenvalue weighted by Gasteiger charge is -2.23. The number of hydrogen-bond acceptors (Lipinski definition) is 4. The SMILES string of the molecule is CC(=O)N[C@H](CC(=O)Nc1cc(C(N)=O)ccc1N1CCCC1)c1ccccc1. The van der Waals surface area contributed by atoms with Crippen LogP contribution in [0.15, 0.2) is 48.5 Å². The summed E-state index contributed by atoms with van der Waals surface area (Å²) in [6.07, 6.45) is 2.25. The summed E-state index contributed by atoms with van der Waals surface area (Å²) in [6, 6.07) is 14.0. The third-order valence-electron chi connectivity index (χ3n) is 4.97. The fourth-order valence-electron chi connectivity index (χ4n) is 3.59. The molecule has 7 nitrogen and oxygen atoms in total. The predicted octanol–water partition coefficient (Wildman–Crippen LogP) is 2.59. The molecule has 0 spiro atoms. The Hall–Kier alpha value is -3.35. The number of nitrogens with two attached hydrogens (primary N) is 1. The minimum atomic E-state index is -0.547. The minimum Gasteiger partial charge on any atom is -0.370 e. The first kappa shape index (κ1) is 20.4. The monoisotopic (exact) mass is 394 g/mol. The topological polar surface area (TPSA) is 105 Å². The van der Waals surface area contributed by atoms with E-state index in [1.165, 1.54) is 6.92 Å². The fourth-order valence-corrected chi connectivity index (χ4v) is 3.59. The first-order valence-corrected chi connectivity index (χ1v) is 9.74. The number of nitrogens with zero attached hydrogens (tertiary/aromatic N) is 1. The highest BCUT2D eigenvalue weighted by Crippen LogP contribution is 2.30. The average Bonchev–Trinajstić information content (AvgIpc) is 3.22. The van der Waals surface area contributed by atoms with E-state index in [1.54, 1.807) is 12.1 Å². The van der Waals surface area contributed by atoms with Crippen molar-refractivity contribution in [1.82, 2.24) is 5.32 Å². The molecular formula is C22H26N4O3. The number of hydrogen-bond donors (Lipinski definition) is 3. The normalized spacial score (nSPS) is 14.3. The second-order valence-electron chi connectivity index (χ2n) is 7.21. The van der Waals surface area contributed by atoms with Gasteiger partial charge in [0.25, 0.3) is 0 Å². The smallest absolute Gasteiger partial charge is 0.248 e. The Morgan fingerprint density at radius 3 is 2.38 bits per heavy atom. The van der Waals surface area contributed by atoms with Gasteiger partial charge >= 0.3 is 0 Å². The third-order valence-corrected chi connectivity index (χ3v) is 4.97. The van der Waals surface area contributed by atoms with Gasteiger partial charge in [0, 0.05) is 25.6 Å². The largest absolute Gasteiger partial charge is 0.370 e. The van der Waals surface area contributed by atoms with Crippen molar-refractivity contribution in [3.8, 4) is 0 Å². The minimum absolute atomic E-state index is 0.0732. The quantitative estimate of drug-likeness (QED) is 0.671. The summed E-state index contributed by atoms with van der Waals surface area (Å²) in [5.74, 6) is -1.01. The van der Waals surface area contributed by atoms with Crippen LogP contribution in [0.5, 0.6) is 0 Å². The van der Waals surface area contributed by atoms with Crippen molar-refractivity contribution in [1.29, 1.82) is 0 Å². The number of rotatable bonds is 7. The number of amides is 3. The molecule has 29 heavy (non-hydrogen) atoms. The number of primary amides is 1. The van der Waals surface area contributed by atoms with Crippen LogP contribution >= 0.6 is 0 Å². The number of benzene rings is 2. The predicted molar refractivity (Wildman–Crippen MR) is 113 cm³/mol. The number of carbonyl (C=O) groups is 3. The molecule has 1 saturated heterocycles. The molecule has 0 radical (unpaired) electrons. The lowest BCUT2D eigenvalue weighted by molar-refractivity contribution is -0.120. The van der Waals surface area contributed by atoms with Gasteiger partial charge < -0.3 is 21.3 Å². The molecule has 4 N–H and O–H groups in total. The van der Waals surface area contributed by atoms with Crippen molar-refractivity contribution in [3.05, 3.63) is 59.7 Å². The number of anilines is 2. The van der Waals surface area contributed by atoms with Crippen LogP contribution in [0, 0.1) is 0 Å². The molecule has 2 aromatic rings. The molecule has 0 aromatic heterocycles. The van der Waals surface area contributed by atoms with E-state index in [0.29, 0.717) is 11.3 Å². The second-order valence-corrected chi connectivity index (χ2v) is 7.21. The van der Waals surface area contributed by atoms with Crippen LogP contribution in [0.25, 0.3) is 0 Å². The van der Waals surface area contributed by atoms with Gasteiger partial charge in [-0.05, 0) is 36.6 Å². The molecule has 0 unspecified atom stereocenters. The number of nitrogens with one attached hydrogen (secondary N) is 2. The van der Waals surface area contributed by atoms with Crippen molar-refractivity contribution >= 4 is 29.1 Å². The zero-order valence-corrected chi connectivity index (χ0v) is 16.5.